The molecule has 4 rings (SSSR count). The normalized spacial score (nSPS) is 32.0. The summed E-state index contributed by atoms with van der Waals surface area (Å²) >= 11 is 1.69. The van der Waals surface area contributed by atoms with Crippen molar-refractivity contribution in [2.75, 3.05) is 39.5 Å². The largest absolute Gasteiger partial charge is 0.380 e. The molecule has 1 aromatic heterocycles. The first-order valence-electron chi connectivity index (χ1n) is 8.44. The minimum Gasteiger partial charge on any atom is -0.380 e. The molecule has 7 heteroatoms. The predicted molar refractivity (Wildman–Crippen MR) is 85.6 cm³/mol. The number of hydrogen-bond acceptors (Lipinski definition) is 6. The van der Waals surface area contributed by atoms with E-state index in [2.05, 4.69) is 9.88 Å². The second kappa shape index (κ2) is 6.84. The number of hydrogen-bond donors (Lipinski definition) is 0. The Hall–Kier alpha value is -1.02. The van der Waals surface area contributed by atoms with Gasteiger partial charge in [-0.05, 0) is 24.7 Å². The third-order valence-corrected chi connectivity index (χ3v) is 5.89. The minimum atomic E-state index is -0.0619. The Morgan fingerprint density at radius 1 is 1.35 bits per heavy atom. The van der Waals surface area contributed by atoms with Gasteiger partial charge in [0, 0.05) is 31.2 Å². The molecule has 3 saturated heterocycles. The lowest BCUT2D eigenvalue weighted by atomic mass is 9.82. The van der Waals surface area contributed by atoms with Gasteiger partial charge < -0.3 is 4.74 Å². The number of aromatic nitrogens is 1. The lowest BCUT2D eigenvalue weighted by molar-refractivity contribution is -0.207. The van der Waals surface area contributed by atoms with Crippen molar-refractivity contribution >= 4 is 17.2 Å². The Bertz CT molecular complexity index is 533. The number of hydroxylamine groups is 2. The number of nitrogens with zero attached hydrogens (tertiary/aromatic N) is 3. The number of rotatable bonds is 3. The molecule has 3 aliphatic heterocycles. The number of ether oxygens (including phenoxy) is 1. The van der Waals surface area contributed by atoms with E-state index in [-0.39, 0.29) is 11.8 Å². The Labute approximate surface area is 140 Å². The molecule has 0 spiro atoms. The van der Waals surface area contributed by atoms with E-state index < -0.39 is 0 Å². The van der Waals surface area contributed by atoms with Crippen molar-refractivity contribution in [3.05, 3.63) is 16.6 Å². The highest BCUT2D eigenvalue weighted by Gasteiger charge is 2.45. The van der Waals surface area contributed by atoms with Crippen LogP contribution in [0.25, 0.3) is 0 Å². The van der Waals surface area contributed by atoms with Gasteiger partial charge in [-0.2, -0.15) is 0 Å². The van der Waals surface area contributed by atoms with Gasteiger partial charge in [-0.25, -0.2) is 10.0 Å². The van der Waals surface area contributed by atoms with Crippen molar-refractivity contribution in [1.82, 2.24) is 14.9 Å². The highest BCUT2D eigenvalue weighted by atomic mass is 32.1. The molecule has 3 atom stereocenters. The molecular weight excluding hydrogens is 314 g/mol. The van der Waals surface area contributed by atoms with E-state index in [4.69, 9.17) is 9.57 Å². The Morgan fingerprint density at radius 3 is 3.09 bits per heavy atom. The molecule has 3 aliphatic rings. The van der Waals surface area contributed by atoms with Crippen molar-refractivity contribution in [3.63, 3.8) is 0 Å². The molecule has 1 amide bonds. The van der Waals surface area contributed by atoms with Crippen molar-refractivity contribution in [1.29, 1.82) is 0 Å². The molecule has 3 fully saturated rings. The highest BCUT2D eigenvalue weighted by molar-refractivity contribution is 7.09. The van der Waals surface area contributed by atoms with Gasteiger partial charge in [-0.15, -0.1) is 11.3 Å². The number of likely N-dealkylation sites (tertiary alicyclic amines) is 1. The molecule has 6 nitrogen and oxygen atoms in total. The molecule has 4 heterocycles. The van der Waals surface area contributed by atoms with Crippen molar-refractivity contribution < 1.29 is 14.4 Å². The molecule has 23 heavy (non-hydrogen) atoms. The molecular formula is C16H23N3O3S. The standard InChI is InChI=1S/C16H23N3O3S/c20-16(19-4-1-2-5-22-19)14-11-21-10-12-7-18(8-13(12)14)9-15-17-3-6-23-15/h3,6,12-14H,1-2,4-5,7-11H2/t12-,13-,14+/m0/s1. The fourth-order valence-corrected chi connectivity index (χ4v) is 4.61. The summed E-state index contributed by atoms with van der Waals surface area (Å²) in [5, 5.41) is 4.75. The maximum Gasteiger partial charge on any atom is 0.251 e. The fraction of sp³-hybridized carbons (Fsp3) is 0.750. The van der Waals surface area contributed by atoms with E-state index in [1.54, 1.807) is 16.4 Å². The molecule has 0 N–H and O–H groups in total. The predicted octanol–water partition coefficient (Wildman–Crippen LogP) is 1.39. The number of carbonyl (C=O) groups is 1. The van der Waals surface area contributed by atoms with Crippen LogP contribution in [0.1, 0.15) is 17.8 Å². The van der Waals surface area contributed by atoms with Crippen LogP contribution in [0.3, 0.4) is 0 Å². The second-order valence-electron chi connectivity index (χ2n) is 6.67. The first-order chi connectivity index (χ1) is 11.3. The first kappa shape index (κ1) is 15.5. The average Bonchev–Trinajstić information content (AvgIpc) is 3.24. The van der Waals surface area contributed by atoms with Crippen molar-refractivity contribution in [2.45, 2.75) is 19.4 Å². The molecule has 0 unspecified atom stereocenters. The summed E-state index contributed by atoms with van der Waals surface area (Å²) in [6.07, 6.45) is 3.93. The maximum atomic E-state index is 12.8. The first-order valence-corrected chi connectivity index (χ1v) is 9.32. The molecule has 0 aliphatic carbocycles. The summed E-state index contributed by atoms with van der Waals surface area (Å²) in [6.45, 7) is 5.51. The smallest absolute Gasteiger partial charge is 0.251 e. The van der Waals surface area contributed by atoms with Gasteiger partial charge in [0.15, 0.2) is 0 Å². The van der Waals surface area contributed by atoms with Gasteiger partial charge in [0.2, 0.25) is 0 Å². The van der Waals surface area contributed by atoms with Gasteiger partial charge in [0.25, 0.3) is 5.91 Å². The lowest BCUT2D eigenvalue weighted by Crippen LogP contribution is -2.47. The molecule has 0 saturated carbocycles. The zero-order valence-electron chi connectivity index (χ0n) is 13.2. The molecule has 1 aromatic rings. The van der Waals surface area contributed by atoms with E-state index in [9.17, 15) is 4.79 Å². The van der Waals surface area contributed by atoms with Crippen LogP contribution in [0.2, 0.25) is 0 Å². The van der Waals surface area contributed by atoms with Crippen LogP contribution in [0, 0.1) is 17.8 Å². The molecule has 126 valence electrons. The van der Waals surface area contributed by atoms with E-state index in [1.807, 2.05) is 11.6 Å². The number of carbonyl (C=O) groups excluding carboxylic acids is 1. The van der Waals surface area contributed by atoms with Crippen LogP contribution in [0.5, 0.6) is 0 Å². The van der Waals surface area contributed by atoms with Crippen LogP contribution < -0.4 is 0 Å². The van der Waals surface area contributed by atoms with Gasteiger partial charge >= 0.3 is 0 Å². The number of amides is 1. The van der Waals surface area contributed by atoms with Gasteiger partial charge in [-0.1, -0.05) is 0 Å². The van der Waals surface area contributed by atoms with Crippen LogP contribution >= 0.6 is 11.3 Å². The Morgan fingerprint density at radius 2 is 2.30 bits per heavy atom. The van der Waals surface area contributed by atoms with Crippen LogP contribution in [-0.2, 0) is 20.9 Å². The van der Waals surface area contributed by atoms with E-state index in [0.717, 1.165) is 50.6 Å². The second-order valence-corrected chi connectivity index (χ2v) is 7.65. The Balaban J connectivity index is 1.41. The Kier molecular flexibility index (Phi) is 4.61. The van der Waals surface area contributed by atoms with Crippen LogP contribution in [0.15, 0.2) is 11.6 Å². The minimum absolute atomic E-state index is 0.0619. The summed E-state index contributed by atoms with van der Waals surface area (Å²) in [4.78, 5) is 25.2. The summed E-state index contributed by atoms with van der Waals surface area (Å²) in [5.41, 5.74) is 0. The SMILES string of the molecule is O=C([C@@H]1COC[C@@H]2CN(Cc3nccs3)C[C@@H]21)N1CCCCO1. The molecule has 0 aromatic carbocycles. The van der Waals surface area contributed by atoms with Crippen LogP contribution in [0.4, 0.5) is 0 Å². The summed E-state index contributed by atoms with van der Waals surface area (Å²) in [7, 11) is 0. The van der Waals surface area contributed by atoms with Gasteiger partial charge in [0.05, 0.1) is 32.3 Å². The monoisotopic (exact) mass is 337 g/mol. The zero-order chi connectivity index (χ0) is 15.6. The lowest BCUT2D eigenvalue weighted by Gasteiger charge is -2.36. The van der Waals surface area contributed by atoms with E-state index >= 15 is 0 Å². The van der Waals surface area contributed by atoms with Gasteiger partial charge in [0.1, 0.15) is 5.01 Å². The summed E-state index contributed by atoms with van der Waals surface area (Å²) in [5.74, 6) is 0.882. The van der Waals surface area contributed by atoms with Gasteiger partial charge in [-0.3, -0.25) is 14.5 Å². The van der Waals surface area contributed by atoms with Crippen molar-refractivity contribution in [2.24, 2.45) is 17.8 Å². The third kappa shape index (κ3) is 3.28. The highest BCUT2D eigenvalue weighted by Crippen LogP contribution is 2.36. The summed E-state index contributed by atoms with van der Waals surface area (Å²) < 4.78 is 5.75. The quantitative estimate of drug-likeness (QED) is 0.834. The van der Waals surface area contributed by atoms with E-state index in [0.29, 0.717) is 25.0 Å². The van der Waals surface area contributed by atoms with E-state index in [1.165, 1.54) is 0 Å². The third-order valence-electron chi connectivity index (χ3n) is 5.12. The average molecular weight is 337 g/mol. The molecule has 0 radical (unpaired) electrons. The maximum absolute atomic E-state index is 12.8. The topological polar surface area (TPSA) is 54.9 Å². The number of thiazole rings is 1. The summed E-state index contributed by atoms with van der Waals surface area (Å²) in [6, 6.07) is 0. The van der Waals surface area contributed by atoms with Crippen molar-refractivity contribution in [3.8, 4) is 0 Å². The number of fused-ring (bicyclic) bond motifs is 1. The zero-order valence-corrected chi connectivity index (χ0v) is 14.0. The van der Waals surface area contributed by atoms with Crippen LogP contribution in [-0.4, -0.2) is 60.3 Å². The fourth-order valence-electron chi connectivity index (χ4n) is 3.95. The molecule has 0 bridgehead atoms.